The zero-order chi connectivity index (χ0) is 16.1. The van der Waals surface area contributed by atoms with E-state index in [0.717, 1.165) is 9.13 Å². The van der Waals surface area contributed by atoms with Crippen LogP contribution in [0.25, 0.3) is 0 Å². The molecule has 0 aromatic heterocycles. The Kier molecular flexibility index (Phi) is 5.65. The minimum absolute atomic E-state index is 0.0984. The molecule has 0 spiro atoms. The third kappa shape index (κ3) is 3.91. The summed E-state index contributed by atoms with van der Waals surface area (Å²) in [5, 5.41) is 2.98. The summed E-state index contributed by atoms with van der Waals surface area (Å²) in [7, 11) is 3.19. The molecule has 0 aliphatic rings. The van der Waals surface area contributed by atoms with Gasteiger partial charge in [-0.1, -0.05) is 6.07 Å². The lowest BCUT2D eigenvalue weighted by Crippen LogP contribution is -2.26. The molecule has 1 unspecified atom stereocenters. The third-order valence-corrected chi connectivity index (χ3v) is 4.08. The Morgan fingerprint density at radius 3 is 2.27 bits per heavy atom. The van der Waals surface area contributed by atoms with Gasteiger partial charge in [0.15, 0.2) is 11.5 Å². The molecule has 5 heteroatoms. The maximum Gasteiger partial charge on any atom is 0.251 e. The fraction of sp³-hybridized carbons (Fsp3) is 0.235. The van der Waals surface area contributed by atoms with Gasteiger partial charge in [0, 0.05) is 9.13 Å². The third-order valence-electron chi connectivity index (χ3n) is 3.36. The Morgan fingerprint density at radius 1 is 1.05 bits per heavy atom. The topological polar surface area (TPSA) is 47.6 Å². The standard InChI is InChI=1S/C17H18INO3/c1-11(13-6-9-15(21-2)16(10-13)22-3)19-17(20)12-4-7-14(18)8-5-12/h4-11H,1-3H3,(H,19,20). The van der Waals surface area contributed by atoms with E-state index in [1.54, 1.807) is 14.2 Å². The van der Waals surface area contributed by atoms with E-state index < -0.39 is 0 Å². The highest BCUT2D eigenvalue weighted by Gasteiger charge is 2.13. The number of hydrogen-bond donors (Lipinski definition) is 1. The number of methoxy groups -OCH3 is 2. The van der Waals surface area contributed by atoms with Crippen molar-refractivity contribution in [3.05, 3.63) is 57.2 Å². The lowest BCUT2D eigenvalue weighted by Gasteiger charge is -2.16. The van der Waals surface area contributed by atoms with Gasteiger partial charge >= 0.3 is 0 Å². The number of halogens is 1. The number of carbonyl (C=O) groups is 1. The van der Waals surface area contributed by atoms with E-state index in [9.17, 15) is 4.79 Å². The highest BCUT2D eigenvalue weighted by atomic mass is 127. The van der Waals surface area contributed by atoms with Crippen LogP contribution in [0.3, 0.4) is 0 Å². The fourth-order valence-corrected chi connectivity index (χ4v) is 2.45. The van der Waals surface area contributed by atoms with E-state index in [2.05, 4.69) is 27.9 Å². The first-order valence-corrected chi connectivity index (χ1v) is 7.91. The largest absolute Gasteiger partial charge is 0.493 e. The molecule has 0 bridgehead atoms. The van der Waals surface area contributed by atoms with E-state index in [1.165, 1.54) is 0 Å². The van der Waals surface area contributed by atoms with Crippen LogP contribution in [0.5, 0.6) is 11.5 Å². The number of hydrogen-bond acceptors (Lipinski definition) is 3. The van der Waals surface area contributed by atoms with Crippen molar-refractivity contribution < 1.29 is 14.3 Å². The monoisotopic (exact) mass is 411 g/mol. The summed E-state index contributed by atoms with van der Waals surface area (Å²) < 4.78 is 11.6. The highest BCUT2D eigenvalue weighted by molar-refractivity contribution is 14.1. The highest BCUT2D eigenvalue weighted by Crippen LogP contribution is 2.29. The summed E-state index contributed by atoms with van der Waals surface area (Å²) in [6.07, 6.45) is 0. The van der Waals surface area contributed by atoms with Crippen molar-refractivity contribution in [2.24, 2.45) is 0 Å². The second-order valence-corrected chi connectivity index (χ2v) is 6.06. The molecule has 0 aliphatic heterocycles. The van der Waals surface area contributed by atoms with Crippen LogP contribution in [-0.2, 0) is 0 Å². The van der Waals surface area contributed by atoms with Crippen LogP contribution in [0.2, 0.25) is 0 Å². The molecule has 0 saturated heterocycles. The normalized spacial score (nSPS) is 11.6. The van der Waals surface area contributed by atoms with Crippen molar-refractivity contribution in [2.45, 2.75) is 13.0 Å². The molecule has 0 aliphatic carbocycles. The van der Waals surface area contributed by atoms with Crippen molar-refractivity contribution in [3.8, 4) is 11.5 Å². The predicted molar refractivity (Wildman–Crippen MR) is 94.6 cm³/mol. The van der Waals surface area contributed by atoms with Crippen LogP contribution in [0, 0.1) is 3.57 Å². The van der Waals surface area contributed by atoms with Gasteiger partial charge in [0.1, 0.15) is 0 Å². The molecule has 1 N–H and O–H groups in total. The van der Waals surface area contributed by atoms with Gasteiger partial charge in [0.25, 0.3) is 5.91 Å². The van der Waals surface area contributed by atoms with Gasteiger partial charge in [-0.05, 0) is 71.5 Å². The summed E-state index contributed by atoms with van der Waals surface area (Å²) in [4.78, 5) is 12.2. The summed E-state index contributed by atoms with van der Waals surface area (Å²) >= 11 is 2.21. The number of carbonyl (C=O) groups excluding carboxylic acids is 1. The Hall–Kier alpha value is -1.76. The van der Waals surface area contributed by atoms with Crippen molar-refractivity contribution in [3.63, 3.8) is 0 Å². The zero-order valence-corrected chi connectivity index (χ0v) is 14.9. The minimum atomic E-state index is -0.133. The molecule has 0 fully saturated rings. The molecule has 116 valence electrons. The molecular formula is C17H18INO3. The van der Waals surface area contributed by atoms with Gasteiger partial charge in [-0.3, -0.25) is 4.79 Å². The van der Waals surface area contributed by atoms with E-state index in [-0.39, 0.29) is 11.9 Å². The maximum absolute atomic E-state index is 12.2. The smallest absolute Gasteiger partial charge is 0.251 e. The zero-order valence-electron chi connectivity index (χ0n) is 12.7. The summed E-state index contributed by atoms with van der Waals surface area (Å²) in [5.41, 5.74) is 1.60. The van der Waals surface area contributed by atoms with Gasteiger partial charge in [-0.15, -0.1) is 0 Å². The molecular weight excluding hydrogens is 393 g/mol. The summed E-state index contributed by atoms with van der Waals surface area (Å²) in [6.45, 7) is 1.94. The van der Waals surface area contributed by atoms with Gasteiger partial charge in [-0.2, -0.15) is 0 Å². The average molecular weight is 411 g/mol. The molecule has 0 saturated carbocycles. The van der Waals surface area contributed by atoms with Crippen LogP contribution in [0.4, 0.5) is 0 Å². The Balaban J connectivity index is 2.13. The fourth-order valence-electron chi connectivity index (χ4n) is 2.09. The van der Waals surface area contributed by atoms with Crippen LogP contribution < -0.4 is 14.8 Å². The van der Waals surface area contributed by atoms with E-state index in [4.69, 9.17) is 9.47 Å². The number of rotatable bonds is 5. The number of ether oxygens (including phenoxy) is 2. The Morgan fingerprint density at radius 2 is 1.68 bits per heavy atom. The molecule has 0 heterocycles. The van der Waals surface area contributed by atoms with E-state index >= 15 is 0 Å². The first kappa shape index (κ1) is 16.6. The lowest BCUT2D eigenvalue weighted by molar-refractivity contribution is 0.0940. The van der Waals surface area contributed by atoms with Crippen molar-refractivity contribution in [1.29, 1.82) is 0 Å². The van der Waals surface area contributed by atoms with Crippen LogP contribution in [-0.4, -0.2) is 20.1 Å². The van der Waals surface area contributed by atoms with Gasteiger partial charge in [-0.25, -0.2) is 0 Å². The van der Waals surface area contributed by atoms with Crippen molar-refractivity contribution in [1.82, 2.24) is 5.32 Å². The van der Waals surface area contributed by atoms with Crippen LogP contribution >= 0.6 is 22.6 Å². The van der Waals surface area contributed by atoms with Crippen molar-refractivity contribution >= 4 is 28.5 Å². The molecule has 2 rings (SSSR count). The molecule has 2 aromatic carbocycles. The van der Waals surface area contributed by atoms with Gasteiger partial charge in [0.05, 0.1) is 20.3 Å². The molecule has 22 heavy (non-hydrogen) atoms. The van der Waals surface area contributed by atoms with Crippen LogP contribution in [0.15, 0.2) is 42.5 Å². The minimum Gasteiger partial charge on any atom is -0.493 e. The van der Waals surface area contributed by atoms with Gasteiger partial charge in [0.2, 0.25) is 0 Å². The summed E-state index contributed by atoms with van der Waals surface area (Å²) in [6, 6.07) is 13.0. The first-order valence-electron chi connectivity index (χ1n) is 6.83. The Labute approximate surface area is 144 Å². The summed E-state index contributed by atoms with van der Waals surface area (Å²) in [5.74, 6) is 1.22. The second kappa shape index (κ2) is 7.49. The Bertz CT molecular complexity index is 655. The molecule has 4 nitrogen and oxygen atoms in total. The lowest BCUT2D eigenvalue weighted by atomic mass is 10.1. The quantitative estimate of drug-likeness (QED) is 0.762. The second-order valence-electron chi connectivity index (χ2n) is 4.82. The van der Waals surface area contributed by atoms with E-state index in [1.807, 2.05) is 49.4 Å². The van der Waals surface area contributed by atoms with Crippen LogP contribution in [0.1, 0.15) is 28.9 Å². The average Bonchev–Trinajstić information content (AvgIpc) is 2.54. The number of amides is 1. The van der Waals surface area contributed by atoms with E-state index in [0.29, 0.717) is 17.1 Å². The SMILES string of the molecule is COc1ccc(C(C)NC(=O)c2ccc(I)cc2)cc1OC. The van der Waals surface area contributed by atoms with Crippen molar-refractivity contribution in [2.75, 3.05) is 14.2 Å². The molecule has 0 radical (unpaired) electrons. The molecule has 2 aromatic rings. The number of nitrogens with one attached hydrogen (secondary N) is 1. The number of benzene rings is 2. The molecule has 1 atom stereocenters. The molecule has 1 amide bonds. The van der Waals surface area contributed by atoms with Gasteiger partial charge < -0.3 is 14.8 Å². The maximum atomic E-state index is 12.2. The predicted octanol–water partition coefficient (Wildman–Crippen LogP) is 3.80. The first-order chi connectivity index (χ1) is 10.5.